The topological polar surface area (TPSA) is 79.0 Å². The molecule has 162 valence electrons. The van der Waals surface area contributed by atoms with E-state index in [2.05, 4.69) is 5.32 Å². The van der Waals surface area contributed by atoms with Gasteiger partial charge in [0.2, 0.25) is 5.91 Å². The Morgan fingerprint density at radius 2 is 1.84 bits per heavy atom. The fourth-order valence-electron chi connectivity index (χ4n) is 4.14. The summed E-state index contributed by atoms with van der Waals surface area (Å²) < 4.78 is 5.17. The summed E-state index contributed by atoms with van der Waals surface area (Å²) in [6.45, 7) is 0.754. The van der Waals surface area contributed by atoms with Gasteiger partial charge >= 0.3 is 6.03 Å². The lowest BCUT2D eigenvalue weighted by Crippen LogP contribution is -2.69. The molecular weight excluding hydrogens is 418 g/mol. The Morgan fingerprint density at radius 1 is 1.13 bits per heavy atom. The largest absolute Gasteiger partial charge is 0.497 e. The number of piperidine rings is 1. The average molecular weight is 442 g/mol. The first kappa shape index (κ1) is 21.3. The molecule has 4 rings (SSSR count). The summed E-state index contributed by atoms with van der Waals surface area (Å²) in [5, 5.41) is 3.78. The first-order chi connectivity index (χ1) is 15.0. The number of carbonyl (C=O) groups excluding carboxylic acids is 3. The molecule has 0 radical (unpaired) electrons. The van der Waals surface area contributed by atoms with Gasteiger partial charge in [0, 0.05) is 10.6 Å². The number of hydrogen-bond donors (Lipinski definition) is 1. The number of nitrogens with zero attached hydrogens (tertiary/aromatic N) is 2. The second-order valence-electron chi connectivity index (χ2n) is 7.75. The summed E-state index contributed by atoms with van der Waals surface area (Å²) in [7, 11) is 1.58. The number of imide groups is 1. The minimum absolute atomic E-state index is 0.0876. The molecule has 2 unspecified atom stereocenters. The summed E-state index contributed by atoms with van der Waals surface area (Å²) in [6, 6.07) is 12.5. The van der Waals surface area contributed by atoms with Crippen molar-refractivity contribution in [2.24, 2.45) is 0 Å². The van der Waals surface area contributed by atoms with E-state index in [0.29, 0.717) is 29.3 Å². The van der Waals surface area contributed by atoms with Gasteiger partial charge in [-0.2, -0.15) is 0 Å². The minimum atomic E-state index is -0.511. The molecule has 31 heavy (non-hydrogen) atoms. The van der Waals surface area contributed by atoms with E-state index in [1.165, 1.54) is 4.90 Å². The van der Waals surface area contributed by atoms with Crippen LogP contribution in [0.25, 0.3) is 0 Å². The maximum atomic E-state index is 13.3. The number of rotatable bonds is 6. The number of ketones is 1. The summed E-state index contributed by atoms with van der Waals surface area (Å²) in [5.74, 6) is 0.262. The van der Waals surface area contributed by atoms with Gasteiger partial charge in [-0.3, -0.25) is 14.5 Å². The molecule has 0 aromatic heterocycles. The van der Waals surface area contributed by atoms with Crippen molar-refractivity contribution in [3.05, 3.63) is 64.7 Å². The number of nitrogens with one attached hydrogen (secondary N) is 1. The van der Waals surface area contributed by atoms with Gasteiger partial charge in [-0.05, 0) is 61.3 Å². The van der Waals surface area contributed by atoms with Crippen molar-refractivity contribution in [1.82, 2.24) is 15.1 Å². The van der Waals surface area contributed by atoms with Crippen LogP contribution in [0.4, 0.5) is 4.79 Å². The first-order valence-electron chi connectivity index (χ1n) is 10.2. The van der Waals surface area contributed by atoms with E-state index in [-0.39, 0.29) is 30.8 Å². The standard InChI is InChI=1S/C23H24ClN3O4/c1-31-18-10-4-15(5-11-18)13-27-22(29)21-19(3-2-12-25-21)26(23(27)30)14-20(28)16-6-8-17(24)9-7-16/h4-11,19,21,25H,2-3,12-14H2,1H3. The fraction of sp³-hybridized carbons (Fsp3) is 0.348. The molecule has 2 saturated heterocycles. The van der Waals surface area contributed by atoms with Crippen LogP contribution in [0.1, 0.15) is 28.8 Å². The smallest absolute Gasteiger partial charge is 0.327 e. The zero-order valence-corrected chi connectivity index (χ0v) is 18.0. The lowest BCUT2D eigenvalue weighted by Gasteiger charge is -2.46. The van der Waals surface area contributed by atoms with Crippen LogP contribution in [0.2, 0.25) is 5.02 Å². The van der Waals surface area contributed by atoms with E-state index >= 15 is 0 Å². The van der Waals surface area contributed by atoms with Crippen LogP contribution < -0.4 is 10.1 Å². The normalized spacial score (nSPS) is 21.1. The Balaban J connectivity index is 1.58. The van der Waals surface area contributed by atoms with Crippen LogP contribution in [0, 0.1) is 0 Å². The molecule has 2 atom stereocenters. The number of halogens is 1. The Bertz CT molecular complexity index is 977. The van der Waals surface area contributed by atoms with Gasteiger partial charge in [-0.25, -0.2) is 4.79 Å². The van der Waals surface area contributed by atoms with Gasteiger partial charge in [-0.1, -0.05) is 23.7 Å². The Morgan fingerprint density at radius 3 is 2.52 bits per heavy atom. The number of ether oxygens (including phenoxy) is 1. The summed E-state index contributed by atoms with van der Waals surface area (Å²) in [4.78, 5) is 42.1. The van der Waals surface area contributed by atoms with Gasteiger partial charge in [-0.15, -0.1) is 0 Å². The van der Waals surface area contributed by atoms with Crippen LogP contribution in [0.5, 0.6) is 5.75 Å². The van der Waals surface area contributed by atoms with Gasteiger partial charge in [0.1, 0.15) is 11.8 Å². The summed E-state index contributed by atoms with van der Waals surface area (Å²) >= 11 is 5.92. The zero-order chi connectivity index (χ0) is 22.0. The molecule has 7 nitrogen and oxygen atoms in total. The van der Waals surface area contributed by atoms with Crippen molar-refractivity contribution in [3.8, 4) is 5.75 Å². The number of urea groups is 1. The van der Waals surface area contributed by atoms with Crippen molar-refractivity contribution >= 4 is 29.3 Å². The van der Waals surface area contributed by atoms with Crippen molar-refractivity contribution < 1.29 is 19.1 Å². The zero-order valence-electron chi connectivity index (χ0n) is 17.2. The maximum Gasteiger partial charge on any atom is 0.327 e. The molecule has 0 saturated carbocycles. The molecular formula is C23H24ClN3O4. The van der Waals surface area contributed by atoms with Gasteiger partial charge < -0.3 is 15.0 Å². The van der Waals surface area contributed by atoms with E-state index in [4.69, 9.17) is 16.3 Å². The third-order valence-corrected chi connectivity index (χ3v) is 6.07. The Labute approximate surface area is 185 Å². The minimum Gasteiger partial charge on any atom is -0.497 e. The highest BCUT2D eigenvalue weighted by molar-refractivity contribution is 6.30. The highest BCUT2D eigenvalue weighted by atomic mass is 35.5. The number of benzene rings is 2. The lowest BCUT2D eigenvalue weighted by molar-refractivity contribution is -0.137. The molecule has 8 heteroatoms. The Kier molecular flexibility index (Phi) is 6.25. The number of carbonyl (C=O) groups is 3. The second kappa shape index (κ2) is 9.08. The maximum absolute atomic E-state index is 13.3. The van der Waals surface area contributed by atoms with E-state index in [1.54, 1.807) is 48.4 Å². The molecule has 0 aliphatic carbocycles. The molecule has 2 aliphatic rings. The first-order valence-corrected chi connectivity index (χ1v) is 10.6. The molecule has 0 bridgehead atoms. The highest BCUT2D eigenvalue weighted by Crippen LogP contribution is 2.27. The molecule has 1 N–H and O–H groups in total. The molecule has 2 aliphatic heterocycles. The van der Waals surface area contributed by atoms with Crippen LogP contribution in [0.15, 0.2) is 48.5 Å². The highest BCUT2D eigenvalue weighted by Gasteiger charge is 2.47. The fourth-order valence-corrected chi connectivity index (χ4v) is 4.27. The molecule has 3 amide bonds. The van der Waals surface area contributed by atoms with Crippen LogP contribution in [-0.2, 0) is 11.3 Å². The molecule has 2 heterocycles. The number of hydrogen-bond acceptors (Lipinski definition) is 5. The number of fused-ring (bicyclic) bond motifs is 1. The predicted molar refractivity (Wildman–Crippen MR) is 116 cm³/mol. The second-order valence-corrected chi connectivity index (χ2v) is 8.19. The number of Topliss-reactive ketones (excluding diaryl/α,β-unsaturated/α-hetero) is 1. The van der Waals surface area contributed by atoms with E-state index in [9.17, 15) is 14.4 Å². The van der Waals surface area contributed by atoms with Crippen LogP contribution in [0.3, 0.4) is 0 Å². The molecule has 2 fully saturated rings. The summed E-state index contributed by atoms with van der Waals surface area (Å²) in [5.41, 5.74) is 1.29. The lowest BCUT2D eigenvalue weighted by atomic mass is 9.92. The number of methoxy groups -OCH3 is 1. The van der Waals surface area contributed by atoms with Crippen LogP contribution >= 0.6 is 11.6 Å². The Hall–Kier alpha value is -2.90. The van der Waals surface area contributed by atoms with Crippen molar-refractivity contribution in [2.45, 2.75) is 31.5 Å². The van der Waals surface area contributed by atoms with Crippen molar-refractivity contribution in [2.75, 3.05) is 20.2 Å². The predicted octanol–water partition coefficient (Wildman–Crippen LogP) is 3.12. The SMILES string of the molecule is COc1ccc(CN2C(=O)C3NCCCC3N(CC(=O)c3ccc(Cl)cc3)C2=O)cc1. The third-order valence-electron chi connectivity index (χ3n) is 5.81. The monoisotopic (exact) mass is 441 g/mol. The average Bonchev–Trinajstić information content (AvgIpc) is 2.80. The van der Waals surface area contributed by atoms with Gasteiger partial charge in [0.05, 0.1) is 26.2 Å². The number of amides is 3. The third kappa shape index (κ3) is 4.43. The molecule has 2 aromatic rings. The van der Waals surface area contributed by atoms with Crippen LogP contribution in [-0.4, -0.2) is 59.8 Å². The van der Waals surface area contributed by atoms with Crippen molar-refractivity contribution in [1.29, 1.82) is 0 Å². The van der Waals surface area contributed by atoms with E-state index in [1.807, 2.05) is 12.1 Å². The van der Waals surface area contributed by atoms with Gasteiger partial charge in [0.15, 0.2) is 5.78 Å². The van der Waals surface area contributed by atoms with E-state index < -0.39 is 12.1 Å². The van der Waals surface area contributed by atoms with Gasteiger partial charge in [0.25, 0.3) is 0 Å². The van der Waals surface area contributed by atoms with Crippen molar-refractivity contribution in [3.63, 3.8) is 0 Å². The molecule has 0 spiro atoms. The van der Waals surface area contributed by atoms with E-state index in [0.717, 1.165) is 12.0 Å². The summed E-state index contributed by atoms with van der Waals surface area (Å²) in [6.07, 6.45) is 1.52. The molecule has 2 aromatic carbocycles. The quantitative estimate of drug-likeness (QED) is 0.697.